The summed E-state index contributed by atoms with van der Waals surface area (Å²) < 4.78 is 18.6. The van der Waals surface area contributed by atoms with Crippen molar-refractivity contribution in [2.45, 2.75) is 24.0 Å². The van der Waals surface area contributed by atoms with Gasteiger partial charge < -0.3 is 10.1 Å². The third kappa shape index (κ3) is 3.74. The number of benzene rings is 2. The number of nitrogens with one attached hydrogen (secondary N) is 1. The Morgan fingerprint density at radius 3 is 3.04 bits per heavy atom. The molecule has 3 rings (SSSR count). The van der Waals surface area contributed by atoms with E-state index in [0.29, 0.717) is 12.2 Å². The lowest BCUT2D eigenvalue weighted by Crippen LogP contribution is -2.30. The average Bonchev–Trinajstić information content (AvgIpc) is 2.56. The van der Waals surface area contributed by atoms with E-state index in [0.717, 1.165) is 28.2 Å². The highest BCUT2D eigenvalue weighted by Gasteiger charge is 2.23. The van der Waals surface area contributed by atoms with Gasteiger partial charge in [0.2, 0.25) is 0 Å². The van der Waals surface area contributed by atoms with Crippen LogP contribution >= 0.6 is 11.8 Å². The minimum atomic E-state index is -0.271. The van der Waals surface area contributed by atoms with Crippen molar-refractivity contribution in [2.75, 3.05) is 12.9 Å². The van der Waals surface area contributed by atoms with Gasteiger partial charge in [-0.1, -0.05) is 12.1 Å². The molecule has 5 heteroatoms. The molecule has 0 aliphatic carbocycles. The van der Waals surface area contributed by atoms with Crippen LogP contribution in [0.15, 0.2) is 47.4 Å². The van der Waals surface area contributed by atoms with Gasteiger partial charge in [0, 0.05) is 23.3 Å². The number of rotatable bonds is 4. The highest BCUT2D eigenvalue weighted by molar-refractivity contribution is 7.99. The molecule has 1 amide bonds. The number of fused-ring (bicyclic) bond motifs is 1. The van der Waals surface area contributed by atoms with E-state index < -0.39 is 0 Å². The van der Waals surface area contributed by atoms with Crippen LogP contribution < -0.4 is 5.32 Å². The van der Waals surface area contributed by atoms with Crippen molar-refractivity contribution in [3.63, 3.8) is 0 Å². The number of ether oxygens (including phenoxy) is 1. The van der Waals surface area contributed by atoms with Gasteiger partial charge in [-0.15, -0.1) is 11.8 Å². The van der Waals surface area contributed by atoms with Crippen LogP contribution in [0.4, 0.5) is 4.39 Å². The Labute approximate surface area is 139 Å². The highest BCUT2D eigenvalue weighted by atomic mass is 32.2. The lowest BCUT2D eigenvalue weighted by Gasteiger charge is -2.26. The normalized spacial score (nSPS) is 16.7. The largest absolute Gasteiger partial charge is 0.380 e. The maximum absolute atomic E-state index is 13.5. The second-order valence-electron chi connectivity index (χ2n) is 5.48. The summed E-state index contributed by atoms with van der Waals surface area (Å²) in [5, 5.41) is 3.03. The van der Waals surface area contributed by atoms with Gasteiger partial charge in [-0.05, 0) is 47.9 Å². The zero-order valence-electron chi connectivity index (χ0n) is 12.8. The lowest BCUT2D eigenvalue weighted by atomic mass is 10.0. The standard InChI is InChI=1S/C18H18FNO2S/c1-22-11-12-3-2-4-13(9-12)18(21)20-16-7-8-23-17-6-5-14(19)10-15(16)17/h2-6,9-10,16H,7-8,11H2,1H3,(H,20,21). The summed E-state index contributed by atoms with van der Waals surface area (Å²) in [6.07, 6.45) is 0.796. The molecule has 1 aliphatic heterocycles. The molecule has 0 aromatic heterocycles. The lowest BCUT2D eigenvalue weighted by molar-refractivity contribution is 0.0934. The highest BCUT2D eigenvalue weighted by Crippen LogP contribution is 2.36. The van der Waals surface area contributed by atoms with Gasteiger partial charge in [0.1, 0.15) is 5.82 Å². The second kappa shape index (κ2) is 7.15. The van der Waals surface area contributed by atoms with Crippen LogP contribution in [-0.4, -0.2) is 18.8 Å². The van der Waals surface area contributed by atoms with Gasteiger partial charge in [-0.25, -0.2) is 4.39 Å². The van der Waals surface area contributed by atoms with E-state index in [9.17, 15) is 9.18 Å². The van der Waals surface area contributed by atoms with Crippen molar-refractivity contribution < 1.29 is 13.9 Å². The first-order valence-electron chi connectivity index (χ1n) is 7.48. The van der Waals surface area contributed by atoms with Crippen molar-refractivity contribution in [3.05, 3.63) is 65.0 Å². The molecule has 1 unspecified atom stereocenters. The van der Waals surface area contributed by atoms with Crippen molar-refractivity contribution in [1.82, 2.24) is 5.32 Å². The van der Waals surface area contributed by atoms with Gasteiger partial charge in [-0.2, -0.15) is 0 Å². The summed E-state index contributed by atoms with van der Waals surface area (Å²) >= 11 is 1.70. The average molecular weight is 331 g/mol. The van der Waals surface area contributed by atoms with Crippen LogP contribution in [0, 0.1) is 5.82 Å². The van der Waals surface area contributed by atoms with Crippen molar-refractivity contribution in [2.24, 2.45) is 0 Å². The minimum Gasteiger partial charge on any atom is -0.380 e. The zero-order chi connectivity index (χ0) is 16.2. The second-order valence-corrected chi connectivity index (χ2v) is 6.62. The van der Waals surface area contributed by atoms with Crippen molar-refractivity contribution in [3.8, 4) is 0 Å². The summed E-state index contributed by atoms with van der Waals surface area (Å²) in [5.74, 6) is 0.496. The van der Waals surface area contributed by atoms with E-state index in [1.807, 2.05) is 18.2 Å². The van der Waals surface area contributed by atoms with Crippen LogP contribution in [0.5, 0.6) is 0 Å². The van der Waals surface area contributed by atoms with E-state index in [1.54, 1.807) is 31.0 Å². The Bertz CT molecular complexity index is 720. The molecule has 23 heavy (non-hydrogen) atoms. The molecule has 120 valence electrons. The Morgan fingerprint density at radius 1 is 1.35 bits per heavy atom. The molecule has 0 spiro atoms. The Balaban J connectivity index is 1.79. The summed E-state index contributed by atoms with van der Waals surface area (Å²) in [4.78, 5) is 13.5. The quantitative estimate of drug-likeness (QED) is 0.922. The first-order valence-corrected chi connectivity index (χ1v) is 8.47. The van der Waals surface area contributed by atoms with Gasteiger partial charge in [0.15, 0.2) is 0 Å². The van der Waals surface area contributed by atoms with Crippen LogP contribution in [-0.2, 0) is 11.3 Å². The van der Waals surface area contributed by atoms with Crippen molar-refractivity contribution >= 4 is 17.7 Å². The van der Waals surface area contributed by atoms with Gasteiger partial charge in [0.25, 0.3) is 5.91 Å². The fourth-order valence-corrected chi connectivity index (χ4v) is 3.83. The molecule has 3 nitrogen and oxygen atoms in total. The third-order valence-electron chi connectivity index (χ3n) is 3.82. The predicted octanol–water partition coefficient (Wildman–Crippen LogP) is 3.94. The number of hydrogen-bond donors (Lipinski definition) is 1. The van der Waals surface area contributed by atoms with Crippen molar-refractivity contribution in [1.29, 1.82) is 0 Å². The number of thioether (sulfide) groups is 1. The van der Waals surface area contributed by atoms with Gasteiger partial charge in [0.05, 0.1) is 12.6 Å². The topological polar surface area (TPSA) is 38.3 Å². The number of hydrogen-bond acceptors (Lipinski definition) is 3. The Hall–Kier alpha value is -1.85. The molecular formula is C18H18FNO2S. The Morgan fingerprint density at radius 2 is 2.22 bits per heavy atom. The van der Waals surface area contributed by atoms with Crippen LogP contribution in [0.25, 0.3) is 0 Å². The first kappa shape index (κ1) is 16.0. The summed E-state index contributed by atoms with van der Waals surface area (Å²) in [6, 6.07) is 12.0. The van der Waals surface area contributed by atoms with Crippen LogP contribution in [0.1, 0.15) is 33.9 Å². The minimum absolute atomic E-state index is 0.143. The van der Waals surface area contributed by atoms with Gasteiger partial charge in [-0.3, -0.25) is 4.79 Å². The number of carbonyl (C=O) groups is 1. The smallest absolute Gasteiger partial charge is 0.251 e. The summed E-state index contributed by atoms with van der Waals surface area (Å²) in [7, 11) is 1.62. The molecule has 1 N–H and O–H groups in total. The fourth-order valence-electron chi connectivity index (χ4n) is 2.73. The summed E-state index contributed by atoms with van der Waals surface area (Å²) in [5.41, 5.74) is 2.41. The predicted molar refractivity (Wildman–Crippen MR) is 89.1 cm³/mol. The molecule has 0 radical (unpaired) electrons. The zero-order valence-corrected chi connectivity index (χ0v) is 13.7. The molecule has 1 heterocycles. The maximum atomic E-state index is 13.5. The number of amides is 1. The maximum Gasteiger partial charge on any atom is 0.251 e. The monoisotopic (exact) mass is 331 g/mol. The molecule has 0 fully saturated rings. The molecular weight excluding hydrogens is 313 g/mol. The van der Waals surface area contributed by atoms with E-state index in [-0.39, 0.29) is 17.8 Å². The molecule has 0 bridgehead atoms. The molecule has 0 saturated heterocycles. The van der Waals surface area contributed by atoms with Crippen LogP contribution in [0.3, 0.4) is 0 Å². The number of halogens is 1. The molecule has 2 aromatic carbocycles. The molecule has 2 aromatic rings. The summed E-state index contributed by atoms with van der Waals surface area (Å²) in [6.45, 7) is 0.467. The van der Waals surface area contributed by atoms with E-state index in [4.69, 9.17) is 4.74 Å². The SMILES string of the molecule is COCc1cccc(C(=O)NC2CCSc3ccc(F)cc32)c1. The fraction of sp³-hybridized carbons (Fsp3) is 0.278. The number of methoxy groups -OCH3 is 1. The molecule has 1 atom stereocenters. The number of carbonyl (C=O) groups excluding carboxylic acids is 1. The van der Waals surface area contributed by atoms with E-state index in [2.05, 4.69) is 5.32 Å². The molecule has 1 aliphatic rings. The van der Waals surface area contributed by atoms with E-state index in [1.165, 1.54) is 12.1 Å². The van der Waals surface area contributed by atoms with Crippen LogP contribution in [0.2, 0.25) is 0 Å². The Kier molecular flexibility index (Phi) is 4.98. The third-order valence-corrected chi connectivity index (χ3v) is 4.94. The van der Waals surface area contributed by atoms with E-state index >= 15 is 0 Å². The molecule has 0 saturated carbocycles. The van der Waals surface area contributed by atoms with Gasteiger partial charge >= 0.3 is 0 Å². The first-order chi connectivity index (χ1) is 11.2.